The largest absolute Gasteiger partial charge is 0.350 e. The van der Waals surface area contributed by atoms with Crippen LogP contribution in [0.3, 0.4) is 0 Å². The van der Waals surface area contributed by atoms with Crippen LogP contribution in [0.15, 0.2) is 107 Å². The molecule has 0 radical (unpaired) electrons. The quantitative estimate of drug-likeness (QED) is 0.326. The fourth-order valence-corrected chi connectivity index (χ4v) is 5.89. The van der Waals surface area contributed by atoms with E-state index in [1.807, 2.05) is 25.1 Å². The van der Waals surface area contributed by atoms with Crippen LogP contribution in [0.25, 0.3) is 0 Å². The van der Waals surface area contributed by atoms with Crippen molar-refractivity contribution in [2.24, 2.45) is 0 Å². The predicted octanol–water partition coefficient (Wildman–Crippen LogP) is 5.90. The summed E-state index contributed by atoms with van der Waals surface area (Å²) in [4.78, 5) is 29.3. The number of fused-ring (bicyclic) bond motifs is 2. The molecule has 192 valence electrons. The zero-order chi connectivity index (χ0) is 26.6. The Balaban J connectivity index is 1.45. The number of hydrogen-bond donors (Lipinski definition) is 1. The van der Waals surface area contributed by atoms with E-state index in [9.17, 15) is 18.2 Å². The minimum Gasteiger partial charge on any atom is -0.350 e. The van der Waals surface area contributed by atoms with E-state index >= 15 is 0 Å². The van der Waals surface area contributed by atoms with Crippen LogP contribution in [0, 0.1) is 5.82 Å². The van der Waals surface area contributed by atoms with Gasteiger partial charge < -0.3 is 10.2 Å². The van der Waals surface area contributed by atoms with Crippen molar-refractivity contribution >= 4 is 28.3 Å². The second-order valence-electron chi connectivity index (χ2n) is 9.36. The van der Waals surface area contributed by atoms with Crippen molar-refractivity contribution in [2.45, 2.75) is 42.1 Å². The molecule has 1 aliphatic rings. The van der Waals surface area contributed by atoms with Crippen LogP contribution in [0.1, 0.15) is 45.2 Å². The van der Waals surface area contributed by atoms with Gasteiger partial charge in [0.25, 0.3) is 11.8 Å². The third-order valence-electron chi connectivity index (χ3n) is 6.61. The highest BCUT2D eigenvalue weighted by Gasteiger charge is 2.31. The lowest BCUT2D eigenvalue weighted by molar-refractivity contribution is 0.0935. The summed E-state index contributed by atoms with van der Waals surface area (Å²) in [6.07, 6.45) is 1.61. The Kier molecular flexibility index (Phi) is 7.47. The molecule has 7 heteroatoms. The minimum atomic E-state index is -1.62. The van der Waals surface area contributed by atoms with Gasteiger partial charge in [-0.25, -0.2) is 8.60 Å². The molecular weight excluding hydrogens is 499 g/mol. The summed E-state index contributed by atoms with van der Waals surface area (Å²) in [6, 6.07) is 27.7. The molecule has 4 aromatic rings. The van der Waals surface area contributed by atoms with E-state index in [0.717, 1.165) is 12.8 Å². The maximum absolute atomic E-state index is 13.7. The molecule has 0 saturated heterocycles. The number of carbonyl (C=O) groups is 2. The van der Waals surface area contributed by atoms with Crippen molar-refractivity contribution in [3.8, 4) is 0 Å². The number of amides is 2. The molecule has 0 bridgehead atoms. The Morgan fingerprint density at radius 1 is 0.895 bits per heavy atom. The molecule has 0 fully saturated rings. The predicted molar refractivity (Wildman–Crippen MR) is 146 cm³/mol. The first-order valence-corrected chi connectivity index (χ1v) is 13.6. The molecule has 5 rings (SSSR count). The molecular formula is C31H27FN2O3S. The van der Waals surface area contributed by atoms with Gasteiger partial charge in [0.15, 0.2) is 0 Å². The third kappa shape index (κ3) is 5.43. The summed E-state index contributed by atoms with van der Waals surface area (Å²) in [6.45, 7) is 2.09. The molecule has 0 unspecified atom stereocenters. The number of carbonyl (C=O) groups excluding carboxylic acids is 2. The Morgan fingerprint density at radius 3 is 2.37 bits per heavy atom. The molecule has 2 amide bonds. The zero-order valence-electron chi connectivity index (χ0n) is 20.9. The molecule has 0 aromatic heterocycles. The molecule has 1 heterocycles. The average Bonchev–Trinajstić information content (AvgIpc) is 3.03. The molecule has 1 N–H and O–H groups in total. The highest BCUT2D eigenvalue weighted by molar-refractivity contribution is 7.85. The van der Waals surface area contributed by atoms with Gasteiger partial charge >= 0.3 is 0 Å². The maximum Gasteiger partial charge on any atom is 0.259 e. The van der Waals surface area contributed by atoms with Crippen molar-refractivity contribution in [2.75, 3.05) is 4.90 Å². The van der Waals surface area contributed by atoms with Crippen molar-refractivity contribution in [3.05, 3.63) is 125 Å². The first-order chi connectivity index (χ1) is 18.4. The summed E-state index contributed by atoms with van der Waals surface area (Å²) in [5.41, 5.74) is 3.02. The van der Waals surface area contributed by atoms with E-state index in [0.29, 0.717) is 32.2 Å². The van der Waals surface area contributed by atoms with E-state index in [1.165, 1.54) is 22.6 Å². The first-order valence-electron chi connectivity index (χ1n) is 12.5. The van der Waals surface area contributed by atoms with Crippen molar-refractivity contribution in [1.82, 2.24) is 5.32 Å². The Hall–Kier alpha value is -4.10. The van der Waals surface area contributed by atoms with Gasteiger partial charge in [-0.1, -0.05) is 54.6 Å². The SMILES string of the molecule is C[C@H](CCc1ccccc1)NC(=O)c1ccc2c(c1)N(Cc1ccc(F)cc1)C(=O)c1ccccc1[S@@]2=O. The molecule has 0 saturated carbocycles. The number of halogens is 1. The zero-order valence-corrected chi connectivity index (χ0v) is 21.7. The molecule has 4 aromatic carbocycles. The van der Waals surface area contributed by atoms with Crippen molar-refractivity contribution < 1.29 is 18.2 Å². The lowest BCUT2D eigenvalue weighted by Gasteiger charge is -2.24. The van der Waals surface area contributed by atoms with Gasteiger partial charge in [-0.2, -0.15) is 0 Å². The van der Waals surface area contributed by atoms with Crippen molar-refractivity contribution in [3.63, 3.8) is 0 Å². The van der Waals surface area contributed by atoms with Gasteiger partial charge in [-0.15, -0.1) is 0 Å². The number of aryl methyl sites for hydroxylation is 1. The number of rotatable bonds is 7. The molecule has 0 aliphatic carbocycles. The van der Waals surface area contributed by atoms with E-state index in [4.69, 9.17) is 0 Å². The lowest BCUT2D eigenvalue weighted by atomic mass is 10.1. The molecule has 2 atom stereocenters. The van der Waals surface area contributed by atoms with Gasteiger partial charge in [0, 0.05) is 11.6 Å². The number of nitrogens with zero attached hydrogens (tertiary/aromatic N) is 1. The van der Waals surface area contributed by atoms with Crippen LogP contribution in [0.2, 0.25) is 0 Å². The van der Waals surface area contributed by atoms with Gasteiger partial charge in [-0.3, -0.25) is 9.59 Å². The fraction of sp³-hybridized carbons (Fsp3) is 0.161. The molecule has 0 spiro atoms. The topological polar surface area (TPSA) is 66.5 Å². The smallest absolute Gasteiger partial charge is 0.259 e. The molecule has 5 nitrogen and oxygen atoms in total. The van der Waals surface area contributed by atoms with E-state index < -0.39 is 10.8 Å². The standard InChI is InChI=1S/C31H27FN2O3S/c1-21(11-12-22-7-3-2-4-8-22)33-30(35)24-15-18-29-27(19-24)34(20-23-13-16-25(32)17-14-23)31(36)26-9-5-6-10-28(26)38(29)37/h2-10,13-19,21H,11-12,20H2,1H3,(H,33,35)/t21-,38+/m1/s1. The monoisotopic (exact) mass is 526 g/mol. The maximum atomic E-state index is 13.7. The van der Waals surface area contributed by atoms with Crippen molar-refractivity contribution in [1.29, 1.82) is 0 Å². The average molecular weight is 527 g/mol. The number of nitrogens with one attached hydrogen (secondary N) is 1. The van der Waals surface area contributed by atoms with Crippen LogP contribution >= 0.6 is 0 Å². The highest BCUT2D eigenvalue weighted by atomic mass is 32.2. The van der Waals surface area contributed by atoms with Crippen LogP contribution in [-0.4, -0.2) is 22.1 Å². The fourth-order valence-electron chi connectivity index (χ4n) is 4.54. The number of benzene rings is 4. The Labute approximate surface area is 223 Å². The van der Waals surface area contributed by atoms with Crippen LogP contribution < -0.4 is 10.2 Å². The molecule has 1 aliphatic heterocycles. The van der Waals surface area contributed by atoms with Gasteiger partial charge in [0.2, 0.25) is 0 Å². The van der Waals surface area contributed by atoms with Crippen LogP contribution in [-0.2, 0) is 23.8 Å². The highest BCUT2D eigenvalue weighted by Crippen LogP contribution is 2.36. The third-order valence-corrected chi connectivity index (χ3v) is 8.11. The normalized spacial score (nSPS) is 15.3. The van der Waals surface area contributed by atoms with Crippen LogP contribution in [0.4, 0.5) is 10.1 Å². The second kappa shape index (κ2) is 11.1. The summed E-state index contributed by atoms with van der Waals surface area (Å²) in [5.74, 6) is -0.968. The Morgan fingerprint density at radius 2 is 1.61 bits per heavy atom. The lowest BCUT2D eigenvalue weighted by Crippen LogP contribution is -2.33. The number of anilines is 1. The van der Waals surface area contributed by atoms with E-state index in [2.05, 4.69) is 17.4 Å². The first kappa shape index (κ1) is 25.5. The van der Waals surface area contributed by atoms with E-state index in [1.54, 1.807) is 54.6 Å². The summed E-state index contributed by atoms with van der Waals surface area (Å²) >= 11 is 0. The van der Waals surface area contributed by atoms with Gasteiger partial charge in [0.05, 0.1) is 38.4 Å². The summed E-state index contributed by atoms with van der Waals surface area (Å²) in [7, 11) is -1.62. The number of hydrogen-bond acceptors (Lipinski definition) is 3. The summed E-state index contributed by atoms with van der Waals surface area (Å²) in [5, 5.41) is 3.04. The van der Waals surface area contributed by atoms with Crippen LogP contribution in [0.5, 0.6) is 0 Å². The second-order valence-corrected chi connectivity index (χ2v) is 10.8. The van der Waals surface area contributed by atoms with E-state index in [-0.39, 0.29) is 30.2 Å². The summed E-state index contributed by atoms with van der Waals surface area (Å²) < 4.78 is 27.1. The van der Waals surface area contributed by atoms with Gasteiger partial charge in [-0.05, 0) is 73.4 Å². The van der Waals surface area contributed by atoms with Gasteiger partial charge in [0.1, 0.15) is 5.82 Å². The minimum absolute atomic E-state index is 0.0724. The molecule has 38 heavy (non-hydrogen) atoms. The Bertz CT molecular complexity index is 1510.